The fourth-order valence-corrected chi connectivity index (χ4v) is 3.87. The number of nitrogens with one attached hydrogen (secondary N) is 1. The normalized spacial score (nSPS) is 15.1. The largest absolute Gasteiger partial charge is 0.435 e. The van der Waals surface area contributed by atoms with Crippen molar-refractivity contribution in [2.45, 2.75) is 63.2 Å². The Morgan fingerprint density at radius 1 is 1.28 bits per heavy atom. The van der Waals surface area contributed by atoms with E-state index in [1.807, 2.05) is 24.3 Å². The van der Waals surface area contributed by atoms with Crippen molar-refractivity contribution in [2.75, 3.05) is 0 Å². The van der Waals surface area contributed by atoms with Crippen molar-refractivity contribution in [1.82, 2.24) is 15.1 Å². The van der Waals surface area contributed by atoms with E-state index in [1.54, 1.807) is 6.92 Å². The molecule has 0 fully saturated rings. The van der Waals surface area contributed by atoms with Crippen LogP contribution in [0.2, 0.25) is 0 Å². The molecule has 158 valence electrons. The molecule has 0 saturated heterocycles. The van der Waals surface area contributed by atoms with Crippen LogP contribution in [0.4, 0.5) is 13.2 Å². The van der Waals surface area contributed by atoms with Crippen LogP contribution in [0.15, 0.2) is 29.2 Å². The van der Waals surface area contributed by atoms with Gasteiger partial charge in [-0.2, -0.15) is 18.3 Å². The highest BCUT2D eigenvalue weighted by Gasteiger charge is 2.39. The van der Waals surface area contributed by atoms with Gasteiger partial charge in [0.1, 0.15) is 0 Å². The minimum Gasteiger partial charge on any atom is -0.352 e. The summed E-state index contributed by atoms with van der Waals surface area (Å²) in [5.74, 6) is -0.453. The Morgan fingerprint density at radius 2 is 1.97 bits per heavy atom. The molecular formula is C20H25F3N4OS. The number of hydrogen-bond acceptors (Lipinski definition) is 4. The van der Waals surface area contributed by atoms with E-state index in [9.17, 15) is 18.0 Å². The van der Waals surface area contributed by atoms with Crippen LogP contribution < -0.4 is 10.5 Å². The summed E-state index contributed by atoms with van der Waals surface area (Å²) in [4.78, 5) is 13.3. The zero-order valence-electron chi connectivity index (χ0n) is 16.3. The van der Waals surface area contributed by atoms with Crippen molar-refractivity contribution in [1.29, 1.82) is 0 Å². The predicted molar refractivity (Wildman–Crippen MR) is 106 cm³/mol. The lowest BCUT2D eigenvalue weighted by atomic mass is 9.95. The average Bonchev–Trinajstić information content (AvgIpc) is 3.10. The molecule has 1 amide bonds. The highest BCUT2D eigenvalue weighted by Crippen LogP contribution is 2.36. The predicted octanol–water partition coefficient (Wildman–Crippen LogP) is 4.09. The maximum atomic E-state index is 13.3. The standard InChI is InChI=1S/C20H25F3N4OS/c1-13(19(28)25-12-14-6-8-15(29-24)9-7-14)10-11-27-17-5-3-2-4-16(17)18(26-27)20(21,22)23/h6-9,13H,2-5,10-12,24H2,1H3,(H,25,28). The van der Waals surface area contributed by atoms with E-state index in [1.165, 1.54) is 4.68 Å². The third-order valence-corrected chi connectivity index (χ3v) is 5.82. The van der Waals surface area contributed by atoms with Crippen molar-refractivity contribution in [3.8, 4) is 0 Å². The van der Waals surface area contributed by atoms with Gasteiger partial charge in [0.2, 0.25) is 5.91 Å². The van der Waals surface area contributed by atoms with Gasteiger partial charge < -0.3 is 5.32 Å². The Bertz CT molecular complexity index is 849. The van der Waals surface area contributed by atoms with E-state index in [2.05, 4.69) is 10.4 Å². The number of amides is 1. The first kappa shape index (κ1) is 21.7. The Hall–Kier alpha value is -2.00. The van der Waals surface area contributed by atoms with Crippen LogP contribution in [0, 0.1) is 5.92 Å². The van der Waals surface area contributed by atoms with Crippen molar-refractivity contribution >= 4 is 17.9 Å². The number of aromatic nitrogens is 2. The van der Waals surface area contributed by atoms with Gasteiger partial charge in [0.15, 0.2) is 5.69 Å². The van der Waals surface area contributed by atoms with Gasteiger partial charge in [0.25, 0.3) is 0 Å². The number of carbonyl (C=O) groups excluding carboxylic acids is 1. The van der Waals surface area contributed by atoms with Crippen LogP contribution in [-0.2, 0) is 36.9 Å². The molecular weight excluding hydrogens is 401 g/mol. The Balaban J connectivity index is 1.57. The second-order valence-electron chi connectivity index (χ2n) is 7.37. The zero-order chi connectivity index (χ0) is 21.0. The van der Waals surface area contributed by atoms with Crippen molar-refractivity contribution < 1.29 is 18.0 Å². The molecule has 1 atom stereocenters. The average molecular weight is 427 g/mol. The molecule has 1 heterocycles. The number of rotatable bonds is 7. The first-order chi connectivity index (χ1) is 13.8. The van der Waals surface area contributed by atoms with Gasteiger partial charge in [-0.25, -0.2) is 0 Å². The molecule has 0 radical (unpaired) electrons. The molecule has 2 aromatic rings. The van der Waals surface area contributed by atoms with E-state index in [4.69, 9.17) is 5.14 Å². The van der Waals surface area contributed by atoms with Gasteiger partial charge in [0, 0.05) is 35.2 Å². The Labute approximate surface area is 172 Å². The molecule has 1 unspecified atom stereocenters. The fraction of sp³-hybridized carbons (Fsp3) is 0.500. The molecule has 0 saturated carbocycles. The monoisotopic (exact) mass is 426 g/mol. The van der Waals surface area contributed by atoms with Gasteiger partial charge in [-0.3, -0.25) is 14.6 Å². The third-order valence-electron chi connectivity index (χ3n) is 5.27. The molecule has 3 N–H and O–H groups in total. The third kappa shape index (κ3) is 5.33. The number of aryl methyl sites for hydroxylation is 1. The second kappa shape index (κ2) is 9.21. The molecule has 3 rings (SSSR count). The van der Waals surface area contributed by atoms with Crippen LogP contribution in [0.1, 0.15) is 48.7 Å². The van der Waals surface area contributed by atoms with Crippen LogP contribution >= 0.6 is 11.9 Å². The zero-order valence-corrected chi connectivity index (χ0v) is 17.1. The number of hydrogen-bond donors (Lipinski definition) is 2. The molecule has 1 aliphatic rings. The summed E-state index contributed by atoms with van der Waals surface area (Å²) in [6.45, 7) is 2.48. The molecule has 1 aromatic heterocycles. The highest BCUT2D eigenvalue weighted by molar-refractivity contribution is 7.97. The number of nitrogens with zero attached hydrogens (tertiary/aromatic N) is 2. The SMILES string of the molecule is CC(CCn1nc(C(F)(F)F)c2c1CCCC2)C(=O)NCc1ccc(SN)cc1. The summed E-state index contributed by atoms with van der Waals surface area (Å²) in [5.41, 5.74) is 1.21. The van der Waals surface area contributed by atoms with E-state index >= 15 is 0 Å². The first-order valence-electron chi connectivity index (χ1n) is 9.68. The number of halogens is 3. The fourth-order valence-electron chi connectivity index (χ4n) is 3.58. The lowest BCUT2D eigenvalue weighted by Gasteiger charge is -2.16. The molecule has 1 aliphatic carbocycles. The molecule has 0 spiro atoms. The summed E-state index contributed by atoms with van der Waals surface area (Å²) in [6.07, 6.45) is -1.36. The summed E-state index contributed by atoms with van der Waals surface area (Å²) in [5, 5.41) is 12.2. The number of benzene rings is 1. The summed E-state index contributed by atoms with van der Waals surface area (Å²) in [7, 11) is 0. The van der Waals surface area contributed by atoms with Crippen molar-refractivity contribution in [3.63, 3.8) is 0 Å². The maximum absolute atomic E-state index is 13.3. The molecule has 29 heavy (non-hydrogen) atoms. The van der Waals surface area contributed by atoms with E-state index in [0.29, 0.717) is 43.6 Å². The maximum Gasteiger partial charge on any atom is 0.435 e. The topological polar surface area (TPSA) is 72.9 Å². The van der Waals surface area contributed by atoms with Gasteiger partial charge in [-0.1, -0.05) is 19.1 Å². The Morgan fingerprint density at radius 3 is 2.62 bits per heavy atom. The quantitative estimate of drug-likeness (QED) is 0.654. The number of fused-ring (bicyclic) bond motifs is 1. The van der Waals surface area contributed by atoms with Crippen LogP contribution in [-0.4, -0.2) is 15.7 Å². The number of alkyl halides is 3. The van der Waals surface area contributed by atoms with E-state index in [-0.39, 0.29) is 11.8 Å². The van der Waals surface area contributed by atoms with E-state index < -0.39 is 11.9 Å². The van der Waals surface area contributed by atoms with Crippen LogP contribution in [0.3, 0.4) is 0 Å². The van der Waals surface area contributed by atoms with Gasteiger partial charge in [-0.15, -0.1) is 0 Å². The lowest BCUT2D eigenvalue weighted by Crippen LogP contribution is -2.29. The summed E-state index contributed by atoms with van der Waals surface area (Å²) < 4.78 is 41.3. The minimum atomic E-state index is -4.44. The molecule has 9 heteroatoms. The number of carbonyl (C=O) groups is 1. The molecule has 0 bridgehead atoms. The van der Waals surface area contributed by atoms with Crippen molar-refractivity contribution in [3.05, 3.63) is 46.8 Å². The van der Waals surface area contributed by atoms with Crippen LogP contribution in [0.5, 0.6) is 0 Å². The van der Waals surface area contributed by atoms with Gasteiger partial charge in [0.05, 0.1) is 0 Å². The lowest BCUT2D eigenvalue weighted by molar-refractivity contribution is -0.142. The summed E-state index contributed by atoms with van der Waals surface area (Å²) in [6, 6.07) is 7.56. The second-order valence-corrected chi connectivity index (χ2v) is 8.08. The van der Waals surface area contributed by atoms with Gasteiger partial charge in [-0.05, 0) is 61.7 Å². The van der Waals surface area contributed by atoms with Crippen LogP contribution in [0.25, 0.3) is 0 Å². The Kier molecular flexibility index (Phi) is 6.89. The van der Waals surface area contributed by atoms with Crippen molar-refractivity contribution in [2.24, 2.45) is 11.1 Å². The first-order valence-corrected chi connectivity index (χ1v) is 10.6. The summed E-state index contributed by atoms with van der Waals surface area (Å²) >= 11 is 1.16. The minimum absolute atomic E-state index is 0.126. The highest BCUT2D eigenvalue weighted by atomic mass is 32.2. The smallest absolute Gasteiger partial charge is 0.352 e. The van der Waals surface area contributed by atoms with Gasteiger partial charge >= 0.3 is 6.18 Å². The molecule has 1 aromatic carbocycles. The van der Waals surface area contributed by atoms with E-state index in [0.717, 1.165) is 35.2 Å². The number of nitrogens with two attached hydrogens (primary N) is 1. The molecule has 0 aliphatic heterocycles. The molecule has 5 nitrogen and oxygen atoms in total.